The zero-order chi connectivity index (χ0) is 14.6. The van der Waals surface area contributed by atoms with Gasteiger partial charge in [-0.05, 0) is 43.4 Å². The Kier molecular flexibility index (Phi) is 2.93. The van der Waals surface area contributed by atoms with Crippen LogP contribution in [0.15, 0.2) is 24.3 Å². The molecular formula is C17H17ClN2O. The van der Waals surface area contributed by atoms with Gasteiger partial charge in [-0.1, -0.05) is 24.6 Å². The molecule has 2 aliphatic carbocycles. The minimum atomic E-state index is 0.263. The van der Waals surface area contributed by atoms with Gasteiger partial charge in [-0.3, -0.25) is 4.79 Å². The molecule has 4 rings (SSSR count). The number of rotatable bonds is 2. The van der Waals surface area contributed by atoms with E-state index in [0.717, 1.165) is 41.9 Å². The van der Waals surface area contributed by atoms with Crippen molar-refractivity contribution < 1.29 is 4.79 Å². The highest BCUT2D eigenvalue weighted by Crippen LogP contribution is 2.44. The third-order valence-corrected chi connectivity index (χ3v) is 4.61. The maximum atomic E-state index is 12.5. The van der Waals surface area contributed by atoms with Crippen LogP contribution in [0.5, 0.6) is 0 Å². The van der Waals surface area contributed by atoms with Crippen LogP contribution in [0, 0.1) is 5.92 Å². The van der Waals surface area contributed by atoms with Crippen molar-refractivity contribution in [2.75, 3.05) is 0 Å². The SMILES string of the molecule is CC1CC(=O)c2c(C3CC3)nn(-c3cccc(Cl)c3)c2C1. The summed E-state index contributed by atoms with van der Waals surface area (Å²) in [6.45, 7) is 2.13. The summed E-state index contributed by atoms with van der Waals surface area (Å²) in [5, 5.41) is 5.48. The van der Waals surface area contributed by atoms with E-state index in [1.54, 1.807) is 0 Å². The van der Waals surface area contributed by atoms with Crippen LogP contribution in [-0.2, 0) is 6.42 Å². The molecule has 2 aliphatic rings. The summed E-state index contributed by atoms with van der Waals surface area (Å²) in [6.07, 6.45) is 3.87. The molecular weight excluding hydrogens is 284 g/mol. The lowest BCUT2D eigenvalue weighted by Gasteiger charge is -2.19. The number of hydrogen-bond acceptors (Lipinski definition) is 2. The van der Waals surface area contributed by atoms with Gasteiger partial charge in [0.25, 0.3) is 0 Å². The Hall–Kier alpha value is -1.61. The summed E-state index contributed by atoms with van der Waals surface area (Å²) < 4.78 is 1.95. The van der Waals surface area contributed by atoms with E-state index in [9.17, 15) is 4.79 Å². The number of aromatic nitrogens is 2. The largest absolute Gasteiger partial charge is 0.294 e. The second-order valence-corrected chi connectivity index (χ2v) is 6.75. The second kappa shape index (κ2) is 4.70. The molecule has 3 nitrogen and oxygen atoms in total. The van der Waals surface area contributed by atoms with Gasteiger partial charge in [0.05, 0.1) is 22.6 Å². The number of halogens is 1. The third kappa shape index (κ3) is 2.20. The maximum absolute atomic E-state index is 12.5. The van der Waals surface area contributed by atoms with E-state index in [4.69, 9.17) is 16.7 Å². The van der Waals surface area contributed by atoms with Crippen molar-refractivity contribution in [2.45, 2.75) is 38.5 Å². The summed E-state index contributed by atoms with van der Waals surface area (Å²) in [5.74, 6) is 1.13. The van der Waals surface area contributed by atoms with Crippen LogP contribution in [-0.4, -0.2) is 15.6 Å². The summed E-state index contributed by atoms with van der Waals surface area (Å²) in [5.41, 5.74) is 3.94. The molecule has 0 radical (unpaired) electrons. The summed E-state index contributed by atoms with van der Waals surface area (Å²) in [7, 11) is 0. The highest BCUT2D eigenvalue weighted by molar-refractivity contribution is 6.30. The number of fused-ring (bicyclic) bond motifs is 1. The molecule has 0 aliphatic heterocycles. The number of carbonyl (C=O) groups excluding carboxylic acids is 1. The Morgan fingerprint density at radius 1 is 1.29 bits per heavy atom. The Morgan fingerprint density at radius 2 is 2.10 bits per heavy atom. The van der Waals surface area contributed by atoms with E-state index in [1.165, 1.54) is 0 Å². The van der Waals surface area contributed by atoms with Gasteiger partial charge >= 0.3 is 0 Å². The Labute approximate surface area is 128 Å². The molecule has 0 amide bonds. The highest BCUT2D eigenvalue weighted by Gasteiger charge is 2.37. The van der Waals surface area contributed by atoms with Crippen molar-refractivity contribution in [3.05, 3.63) is 46.2 Å². The first kappa shape index (κ1) is 13.1. The molecule has 4 heteroatoms. The van der Waals surface area contributed by atoms with E-state index in [1.807, 2.05) is 28.9 Å². The molecule has 0 saturated heterocycles. The average Bonchev–Trinajstić information content (AvgIpc) is 3.20. The molecule has 1 unspecified atom stereocenters. The zero-order valence-electron chi connectivity index (χ0n) is 12.0. The topological polar surface area (TPSA) is 34.9 Å². The van der Waals surface area contributed by atoms with E-state index in [0.29, 0.717) is 23.3 Å². The molecule has 21 heavy (non-hydrogen) atoms. The number of carbonyl (C=O) groups is 1. The van der Waals surface area contributed by atoms with Crippen LogP contribution in [0.25, 0.3) is 5.69 Å². The van der Waals surface area contributed by atoms with Crippen LogP contribution < -0.4 is 0 Å². The van der Waals surface area contributed by atoms with Crippen LogP contribution >= 0.6 is 11.6 Å². The van der Waals surface area contributed by atoms with Crippen molar-refractivity contribution in [3.63, 3.8) is 0 Å². The smallest absolute Gasteiger partial charge is 0.166 e. The summed E-state index contributed by atoms with van der Waals surface area (Å²) in [4.78, 5) is 12.5. The fourth-order valence-electron chi connectivity index (χ4n) is 3.25. The van der Waals surface area contributed by atoms with Crippen LogP contribution in [0.3, 0.4) is 0 Å². The monoisotopic (exact) mass is 300 g/mol. The molecule has 0 bridgehead atoms. The predicted molar refractivity (Wildman–Crippen MR) is 82.4 cm³/mol. The number of nitrogens with zero attached hydrogens (tertiary/aromatic N) is 2. The maximum Gasteiger partial charge on any atom is 0.166 e. The van der Waals surface area contributed by atoms with Gasteiger partial charge in [-0.25, -0.2) is 4.68 Å². The van der Waals surface area contributed by atoms with Crippen molar-refractivity contribution in [2.24, 2.45) is 5.92 Å². The van der Waals surface area contributed by atoms with Crippen molar-refractivity contribution >= 4 is 17.4 Å². The van der Waals surface area contributed by atoms with Gasteiger partial charge in [0.2, 0.25) is 0 Å². The first-order valence-corrected chi connectivity index (χ1v) is 7.92. The van der Waals surface area contributed by atoms with Gasteiger partial charge < -0.3 is 0 Å². The van der Waals surface area contributed by atoms with E-state index in [2.05, 4.69) is 6.92 Å². The van der Waals surface area contributed by atoms with Crippen LogP contribution in [0.2, 0.25) is 5.02 Å². The number of Topliss-reactive ketones (excluding diaryl/α,β-unsaturated/α-hetero) is 1. The minimum Gasteiger partial charge on any atom is -0.294 e. The summed E-state index contributed by atoms with van der Waals surface area (Å²) >= 11 is 6.11. The zero-order valence-corrected chi connectivity index (χ0v) is 12.7. The average molecular weight is 301 g/mol. The van der Waals surface area contributed by atoms with Crippen molar-refractivity contribution in [1.82, 2.24) is 9.78 Å². The van der Waals surface area contributed by atoms with Crippen LogP contribution in [0.4, 0.5) is 0 Å². The number of ketones is 1. The molecule has 1 aromatic heterocycles. The Bertz CT molecular complexity index is 730. The molecule has 0 spiro atoms. The quantitative estimate of drug-likeness (QED) is 0.834. The lowest BCUT2D eigenvalue weighted by molar-refractivity contribution is 0.0951. The van der Waals surface area contributed by atoms with E-state index in [-0.39, 0.29) is 5.78 Å². The first-order valence-electron chi connectivity index (χ1n) is 7.54. The number of benzene rings is 1. The number of hydrogen-bond donors (Lipinski definition) is 0. The molecule has 2 aromatic rings. The minimum absolute atomic E-state index is 0.263. The van der Waals surface area contributed by atoms with Crippen LogP contribution in [0.1, 0.15) is 53.8 Å². The normalized spacial score (nSPS) is 21.4. The Balaban J connectivity index is 1.92. The van der Waals surface area contributed by atoms with Crippen molar-refractivity contribution in [1.29, 1.82) is 0 Å². The first-order chi connectivity index (χ1) is 10.1. The molecule has 0 N–H and O–H groups in total. The fraction of sp³-hybridized carbons (Fsp3) is 0.412. The van der Waals surface area contributed by atoms with E-state index >= 15 is 0 Å². The molecule has 108 valence electrons. The van der Waals surface area contributed by atoms with Gasteiger partial charge in [0, 0.05) is 17.4 Å². The summed E-state index contributed by atoms with van der Waals surface area (Å²) in [6, 6.07) is 7.70. The van der Waals surface area contributed by atoms with Gasteiger partial charge in [-0.2, -0.15) is 5.10 Å². The third-order valence-electron chi connectivity index (χ3n) is 4.38. The van der Waals surface area contributed by atoms with Gasteiger partial charge in [-0.15, -0.1) is 0 Å². The van der Waals surface area contributed by atoms with Gasteiger partial charge in [0.15, 0.2) is 5.78 Å². The van der Waals surface area contributed by atoms with E-state index < -0.39 is 0 Å². The predicted octanol–water partition coefficient (Wildman–Crippen LogP) is 4.17. The molecule has 1 saturated carbocycles. The molecule has 1 atom stereocenters. The molecule has 1 aromatic carbocycles. The molecule has 1 fully saturated rings. The lowest BCUT2D eigenvalue weighted by Crippen LogP contribution is -2.20. The van der Waals surface area contributed by atoms with Crippen molar-refractivity contribution in [3.8, 4) is 5.69 Å². The van der Waals surface area contributed by atoms with Gasteiger partial charge in [0.1, 0.15) is 0 Å². The lowest BCUT2D eigenvalue weighted by atomic mass is 9.86. The molecule has 1 heterocycles. The highest BCUT2D eigenvalue weighted by atomic mass is 35.5. The second-order valence-electron chi connectivity index (χ2n) is 6.31. The Morgan fingerprint density at radius 3 is 2.81 bits per heavy atom. The fourth-order valence-corrected chi connectivity index (χ4v) is 3.43. The standard InChI is InChI=1S/C17H17ClN2O/c1-10-7-14-16(15(21)8-10)17(11-5-6-11)19-20(14)13-4-2-3-12(18)9-13/h2-4,9-11H,5-8H2,1H3.